The molecule has 0 saturated heterocycles. The van der Waals surface area contributed by atoms with Crippen molar-refractivity contribution in [2.75, 3.05) is 5.32 Å². The normalized spacial score (nSPS) is 9.94. The van der Waals surface area contributed by atoms with E-state index >= 15 is 0 Å². The standard InChI is InChI=1S/C12H10INO2S/c13-10-6-11(17-8-10)14-12(15)16-7-9-4-2-1-3-5-9/h1-6,8H,7H2,(H,14,15). The Morgan fingerprint density at radius 1 is 1.35 bits per heavy atom. The average Bonchev–Trinajstić information content (AvgIpc) is 2.73. The van der Waals surface area contributed by atoms with Crippen LogP contribution < -0.4 is 5.32 Å². The second kappa shape index (κ2) is 6.02. The number of rotatable bonds is 3. The van der Waals surface area contributed by atoms with Crippen LogP contribution in [0.15, 0.2) is 41.8 Å². The molecule has 1 amide bonds. The summed E-state index contributed by atoms with van der Waals surface area (Å²) < 4.78 is 6.20. The van der Waals surface area contributed by atoms with Gasteiger partial charge < -0.3 is 4.74 Å². The molecule has 0 bridgehead atoms. The van der Waals surface area contributed by atoms with Crippen LogP contribution in [0.3, 0.4) is 0 Å². The summed E-state index contributed by atoms with van der Waals surface area (Å²) in [5.74, 6) is 0. The van der Waals surface area contributed by atoms with Gasteiger partial charge in [0.05, 0.1) is 5.00 Å². The zero-order valence-corrected chi connectivity index (χ0v) is 11.8. The maximum Gasteiger partial charge on any atom is 0.412 e. The number of anilines is 1. The van der Waals surface area contributed by atoms with E-state index in [-0.39, 0.29) is 6.61 Å². The highest BCUT2D eigenvalue weighted by Gasteiger charge is 2.05. The van der Waals surface area contributed by atoms with Gasteiger partial charge in [0.25, 0.3) is 0 Å². The quantitative estimate of drug-likeness (QED) is 0.838. The lowest BCUT2D eigenvalue weighted by molar-refractivity contribution is 0.155. The molecule has 88 valence electrons. The van der Waals surface area contributed by atoms with Crippen LogP contribution in [0.1, 0.15) is 5.56 Å². The van der Waals surface area contributed by atoms with Crippen molar-refractivity contribution in [2.45, 2.75) is 6.61 Å². The molecule has 0 fully saturated rings. The molecular weight excluding hydrogens is 349 g/mol. The summed E-state index contributed by atoms with van der Waals surface area (Å²) >= 11 is 3.68. The van der Waals surface area contributed by atoms with Crippen LogP contribution in [-0.2, 0) is 11.3 Å². The highest BCUT2D eigenvalue weighted by Crippen LogP contribution is 2.21. The fraction of sp³-hybridized carbons (Fsp3) is 0.0833. The smallest absolute Gasteiger partial charge is 0.412 e. The van der Waals surface area contributed by atoms with E-state index in [4.69, 9.17) is 4.74 Å². The van der Waals surface area contributed by atoms with Gasteiger partial charge in [-0.2, -0.15) is 0 Å². The van der Waals surface area contributed by atoms with Crippen LogP contribution in [-0.4, -0.2) is 6.09 Å². The van der Waals surface area contributed by atoms with Crippen LogP contribution in [0.25, 0.3) is 0 Å². The van der Waals surface area contributed by atoms with Gasteiger partial charge in [-0.3, -0.25) is 5.32 Å². The summed E-state index contributed by atoms with van der Waals surface area (Å²) in [6.45, 7) is 0.287. The highest BCUT2D eigenvalue weighted by atomic mass is 127. The molecule has 0 aliphatic rings. The van der Waals surface area contributed by atoms with E-state index in [1.54, 1.807) is 0 Å². The van der Waals surface area contributed by atoms with Gasteiger partial charge in [-0.05, 0) is 34.2 Å². The lowest BCUT2D eigenvalue weighted by atomic mass is 10.2. The summed E-state index contributed by atoms with van der Waals surface area (Å²) in [7, 11) is 0. The first-order valence-corrected chi connectivity index (χ1v) is 6.91. The number of carbonyl (C=O) groups is 1. The fourth-order valence-electron chi connectivity index (χ4n) is 1.24. The molecule has 2 rings (SSSR count). The van der Waals surface area contributed by atoms with Gasteiger partial charge in [0.15, 0.2) is 0 Å². The molecule has 3 nitrogen and oxygen atoms in total. The second-order valence-electron chi connectivity index (χ2n) is 3.32. The van der Waals surface area contributed by atoms with Crippen molar-refractivity contribution in [3.8, 4) is 0 Å². The third-order valence-electron chi connectivity index (χ3n) is 2.01. The zero-order valence-electron chi connectivity index (χ0n) is 8.85. The van der Waals surface area contributed by atoms with E-state index in [0.717, 1.165) is 14.1 Å². The van der Waals surface area contributed by atoms with E-state index in [1.807, 2.05) is 41.8 Å². The molecule has 17 heavy (non-hydrogen) atoms. The van der Waals surface area contributed by atoms with E-state index in [0.29, 0.717) is 0 Å². The van der Waals surface area contributed by atoms with E-state index in [2.05, 4.69) is 27.9 Å². The third kappa shape index (κ3) is 4.01. The number of ether oxygens (including phenoxy) is 1. The van der Waals surface area contributed by atoms with E-state index in [9.17, 15) is 4.79 Å². The lowest BCUT2D eigenvalue weighted by Crippen LogP contribution is -2.12. The van der Waals surface area contributed by atoms with Crippen LogP contribution >= 0.6 is 33.9 Å². The monoisotopic (exact) mass is 359 g/mol. The summed E-state index contributed by atoms with van der Waals surface area (Å²) in [6.07, 6.45) is -0.424. The molecular formula is C12H10INO2S. The largest absolute Gasteiger partial charge is 0.444 e. The molecule has 0 spiro atoms. The number of hydrogen-bond acceptors (Lipinski definition) is 3. The number of hydrogen-bond donors (Lipinski definition) is 1. The first-order chi connectivity index (χ1) is 8.24. The van der Waals surface area contributed by atoms with Crippen LogP contribution in [0, 0.1) is 3.57 Å². The van der Waals surface area contributed by atoms with Crippen molar-refractivity contribution >= 4 is 45.0 Å². The fourth-order valence-corrected chi connectivity index (χ4v) is 2.79. The van der Waals surface area contributed by atoms with E-state index in [1.165, 1.54) is 11.3 Å². The lowest BCUT2D eigenvalue weighted by Gasteiger charge is -2.04. The van der Waals surface area contributed by atoms with Gasteiger partial charge in [0, 0.05) is 8.95 Å². The Balaban J connectivity index is 1.82. The molecule has 0 saturated carbocycles. The molecule has 2 aromatic rings. The molecule has 1 N–H and O–H groups in total. The van der Waals surface area contributed by atoms with Crippen LogP contribution in [0.4, 0.5) is 9.80 Å². The summed E-state index contributed by atoms with van der Waals surface area (Å²) in [6, 6.07) is 11.5. The number of amides is 1. The molecule has 1 aromatic heterocycles. The summed E-state index contributed by atoms with van der Waals surface area (Å²) in [5.41, 5.74) is 0.975. The summed E-state index contributed by atoms with van der Waals surface area (Å²) in [5, 5.41) is 5.45. The molecule has 0 aliphatic carbocycles. The van der Waals surface area contributed by atoms with Gasteiger partial charge >= 0.3 is 6.09 Å². The first kappa shape index (κ1) is 12.4. The SMILES string of the molecule is O=C(Nc1cc(I)cs1)OCc1ccccc1. The Bertz CT molecular complexity index is 498. The molecule has 0 aliphatic heterocycles. The van der Waals surface area contributed by atoms with Crippen molar-refractivity contribution in [3.05, 3.63) is 50.9 Å². The van der Waals surface area contributed by atoms with Crippen molar-refractivity contribution < 1.29 is 9.53 Å². The van der Waals surface area contributed by atoms with Crippen molar-refractivity contribution in [1.29, 1.82) is 0 Å². The van der Waals surface area contributed by atoms with Gasteiger partial charge in [-0.1, -0.05) is 30.3 Å². The minimum Gasteiger partial charge on any atom is -0.444 e. The Labute approximate surface area is 117 Å². The van der Waals surface area contributed by atoms with E-state index < -0.39 is 6.09 Å². The summed E-state index contributed by atoms with van der Waals surface area (Å²) in [4.78, 5) is 11.5. The van der Waals surface area contributed by atoms with Gasteiger partial charge in [-0.25, -0.2) is 4.79 Å². The van der Waals surface area contributed by atoms with Crippen LogP contribution in [0.2, 0.25) is 0 Å². The Morgan fingerprint density at radius 3 is 2.76 bits per heavy atom. The predicted molar refractivity (Wildman–Crippen MR) is 77.3 cm³/mol. The Hall–Kier alpha value is -1.08. The van der Waals surface area contributed by atoms with Crippen LogP contribution in [0.5, 0.6) is 0 Å². The Kier molecular flexibility index (Phi) is 4.38. The van der Waals surface area contributed by atoms with Crippen molar-refractivity contribution in [2.24, 2.45) is 0 Å². The number of nitrogens with one attached hydrogen (secondary N) is 1. The molecule has 0 atom stereocenters. The molecule has 1 aromatic carbocycles. The van der Waals surface area contributed by atoms with Gasteiger partial charge in [0.2, 0.25) is 0 Å². The number of carbonyl (C=O) groups excluding carboxylic acids is 1. The van der Waals surface area contributed by atoms with Crippen molar-refractivity contribution in [3.63, 3.8) is 0 Å². The Morgan fingerprint density at radius 2 is 2.12 bits per heavy atom. The van der Waals surface area contributed by atoms with Gasteiger partial charge in [-0.15, -0.1) is 11.3 Å². The number of thiophene rings is 1. The second-order valence-corrected chi connectivity index (χ2v) is 5.47. The maximum absolute atomic E-state index is 11.5. The highest BCUT2D eigenvalue weighted by molar-refractivity contribution is 14.1. The first-order valence-electron chi connectivity index (χ1n) is 4.96. The maximum atomic E-state index is 11.5. The number of benzene rings is 1. The molecule has 5 heteroatoms. The molecule has 1 heterocycles. The molecule has 0 radical (unpaired) electrons. The minimum atomic E-state index is -0.424. The molecule has 0 unspecified atom stereocenters. The average molecular weight is 359 g/mol. The topological polar surface area (TPSA) is 38.3 Å². The predicted octanol–water partition coefficient (Wildman–Crippen LogP) is 4.10. The van der Waals surface area contributed by atoms with Gasteiger partial charge in [0.1, 0.15) is 6.61 Å². The van der Waals surface area contributed by atoms with Crippen molar-refractivity contribution in [1.82, 2.24) is 0 Å². The number of halogens is 1. The zero-order chi connectivity index (χ0) is 12.1. The third-order valence-corrected chi connectivity index (χ3v) is 3.90. The minimum absolute atomic E-state index is 0.287.